The van der Waals surface area contributed by atoms with Gasteiger partial charge < -0.3 is 20.3 Å². The molecule has 2 fully saturated rings. The number of nitrogens with zero attached hydrogens (tertiary/aromatic N) is 1. The second-order valence-electron chi connectivity index (χ2n) is 4.01. The molecule has 1 unspecified atom stereocenters. The molecule has 0 radical (unpaired) electrons. The van der Waals surface area contributed by atoms with E-state index in [2.05, 4.69) is 10.6 Å². The third-order valence-corrected chi connectivity index (χ3v) is 2.84. The maximum atomic E-state index is 12.1. The van der Waals surface area contributed by atoms with E-state index in [1.54, 1.807) is 4.90 Å². The van der Waals surface area contributed by atoms with Crippen LogP contribution < -0.4 is 10.6 Å². The molecule has 0 spiro atoms. The molecule has 2 N–H and O–H groups in total. The molecule has 1 atom stereocenters. The second-order valence-corrected chi connectivity index (χ2v) is 4.01. The summed E-state index contributed by atoms with van der Waals surface area (Å²) in [6.07, 6.45) is 0.388. The zero-order valence-electron chi connectivity index (χ0n) is 9.20. The highest BCUT2D eigenvalue weighted by molar-refractivity contribution is 5.83. The van der Waals surface area contributed by atoms with Gasteiger partial charge in [-0.25, -0.2) is 0 Å². The lowest BCUT2D eigenvalue weighted by Gasteiger charge is -2.28. The summed E-state index contributed by atoms with van der Waals surface area (Å²) in [6.45, 7) is 3.42. The van der Waals surface area contributed by atoms with E-state index in [4.69, 9.17) is 4.74 Å². The summed E-state index contributed by atoms with van der Waals surface area (Å²) >= 11 is 0. The van der Waals surface area contributed by atoms with Crippen LogP contribution in [0.3, 0.4) is 0 Å². The molecule has 2 saturated heterocycles. The molecule has 16 heavy (non-hydrogen) atoms. The van der Waals surface area contributed by atoms with E-state index in [1.165, 1.54) is 0 Å². The van der Waals surface area contributed by atoms with E-state index in [9.17, 15) is 9.59 Å². The first-order valence-electron chi connectivity index (χ1n) is 5.64. The zero-order chi connectivity index (χ0) is 11.4. The van der Waals surface area contributed by atoms with Gasteiger partial charge >= 0.3 is 0 Å². The zero-order valence-corrected chi connectivity index (χ0v) is 9.20. The molecule has 0 aromatic rings. The number of ether oxygens (including phenoxy) is 1. The van der Waals surface area contributed by atoms with Crippen molar-refractivity contribution in [3.8, 4) is 0 Å². The van der Waals surface area contributed by atoms with Gasteiger partial charge in [0.2, 0.25) is 11.8 Å². The van der Waals surface area contributed by atoms with E-state index in [0.29, 0.717) is 45.8 Å². The van der Waals surface area contributed by atoms with Crippen LogP contribution in [-0.2, 0) is 14.3 Å². The van der Waals surface area contributed by atoms with Gasteiger partial charge in [-0.05, 0) is 0 Å². The van der Waals surface area contributed by atoms with Crippen molar-refractivity contribution in [1.82, 2.24) is 15.5 Å². The monoisotopic (exact) mass is 227 g/mol. The van der Waals surface area contributed by atoms with Crippen LogP contribution in [0.5, 0.6) is 0 Å². The van der Waals surface area contributed by atoms with E-state index >= 15 is 0 Å². The van der Waals surface area contributed by atoms with Crippen LogP contribution in [-0.4, -0.2) is 62.1 Å². The molecule has 0 saturated carbocycles. The van der Waals surface area contributed by atoms with Crippen molar-refractivity contribution in [2.24, 2.45) is 0 Å². The maximum absolute atomic E-state index is 12.1. The Labute approximate surface area is 94.3 Å². The molecular formula is C10H17N3O3. The first-order valence-corrected chi connectivity index (χ1v) is 5.64. The molecule has 90 valence electrons. The molecule has 2 rings (SSSR count). The summed E-state index contributed by atoms with van der Waals surface area (Å²) in [5.74, 6) is 0.0550. The lowest BCUT2D eigenvalue weighted by atomic mass is 10.2. The molecule has 0 aromatic heterocycles. The number of rotatable bonds is 1. The quantitative estimate of drug-likeness (QED) is 0.561. The number of nitrogens with one attached hydrogen (secondary N) is 2. The number of hydrogen-bond acceptors (Lipinski definition) is 4. The summed E-state index contributed by atoms with van der Waals surface area (Å²) in [5.41, 5.74) is 0. The Hall–Kier alpha value is -1.14. The third kappa shape index (κ3) is 2.70. The molecule has 2 aliphatic rings. The Bertz CT molecular complexity index is 276. The van der Waals surface area contributed by atoms with E-state index in [0.717, 1.165) is 0 Å². The molecule has 0 aromatic carbocycles. The summed E-state index contributed by atoms with van der Waals surface area (Å²) < 4.78 is 5.25. The predicted molar refractivity (Wildman–Crippen MR) is 56.8 cm³/mol. The predicted octanol–water partition coefficient (Wildman–Crippen LogP) is -1.68. The minimum absolute atomic E-state index is 0.0168. The maximum Gasteiger partial charge on any atom is 0.242 e. The highest BCUT2D eigenvalue weighted by Crippen LogP contribution is 2.03. The van der Waals surface area contributed by atoms with Crippen LogP contribution in [0.15, 0.2) is 0 Å². The summed E-state index contributed by atoms with van der Waals surface area (Å²) in [5, 5.41) is 5.87. The Morgan fingerprint density at radius 2 is 2.25 bits per heavy atom. The molecule has 2 aliphatic heterocycles. The largest absolute Gasteiger partial charge is 0.378 e. The standard InChI is InChI=1S/C10H17N3O3/c14-9-1-4-13(5-2-12-9)10(15)8-7-16-6-3-11-8/h8,11H,1-7H2,(H,12,14). The summed E-state index contributed by atoms with van der Waals surface area (Å²) in [7, 11) is 0. The summed E-state index contributed by atoms with van der Waals surface area (Å²) in [6, 6.07) is -0.248. The van der Waals surface area contributed by atoms with Gasteiger partial charge in [0.25, 0.3) is 0 Å². The van der Waals surface area contributed by atoms with Gasteiger partial charge in [0.05, 0.1) is 13.2 Å². The Kier molecular flexibility index (Phi) is 3.74. The molecule has 0 bridgehead atoms. The topological polar surface area (TPSA) is 70.7 Å². The Balaban J connectivity index is 1.89. The molecule has 0 aliphatic carbocycles. The van der Waals surface area contributed by atoms with Gasteiger partial charge in [0.1, 0.15) is 6.04 Å². The van der Waals surface area contributed by atoms with Crippen LogP contribution in [0.4, 0.5) is 0 Å². The van der Waals surface area contributed by atoms with Crippen molar-refractivity contribution < 1.29 is 14.3 Å². The van der Waals surface area contributed by atoms with Crippen molar-refractivity contribution in [1.29, 1.82) is 0 Å². The van der Waals surface area contributed by atoms with Crippen LogP contribution in [0.25, 0.3) is 0 Å². The highest BCUT2D eigenvalue weighted by Gasteiger charge is 2.27. The smallest absolute Gasteiger partial charge is 0.242 e. The molecule has 6 nitrogen and oxygen atoms in total. The fourth-order valence-electron chi connectivity index (χ4n) is 1.93. The average Bonchev–Trinajstić information content (AvgIpc) is 2.54. The van der Waals surface area contributed by atoms with Gasteiger partial charge in [-0.15, -0.1) is 0 Å². The van der Waals surface area contributed by atoms with Gasteiger partial charge in [-0.1, -0.05) is 0 Å². The van der Waals surface area contributed by atoms with Crippen LogP contribution >= 0.6 is 0 Å². The average molecular weight is 227 g/mol. The second kappa shape index (κ2) is 5.27. The lowest BCUT2D eigenvalue weighted by Crippen LogP contribution is -2.53. The fraction of sp³-hybridized carbons (Fsp3) is 0.800. The van der Waals surface area contributed by atoms with Crippen LogP contribution in [0.2, 0.25) is 0 Å². The SMILES string of the molecule is O=C1CCN(C(=O)C2COCCN2)CCN1. The minimum Gasteiger partial charge on any atom is -0.378 e. The molecule has 6 heteroatoms. The Morgan fingerprint density at radius 1 is 1.38 bits per heavy atom. The van der Waals surface area contributed by atoms with Gasteiger partial charge in [0, 0.05) is 32.6 Å². The van der Waals surface area contributed by atoms with E-state index in [-0.39, 0.29) is 17.9 Å². The van der Waals surface area contributed by atoms with Crippen molar-refractivity contribution in [2.75, 3.05) is 39.4 Å². The minimum atomic E-state index is -0.248. The molecule has 2 amide bonds. The van der Waals surface area contributed by atoms with Crippen molar-refractivity contribution in [3.63, 3.8) is 0 Å². The van der Waals surface area contributed by atoms with Crippen molar-refractivity contribution in [3.05, 3.63) is 0 Å². The van der Waals surface area contributed by atoms with E-state index in [1.807, 2.05) is 0 Å². The van der Waals surface area contributed by atoms with Crippen molar-refractivity contribution >= 4 is 11.8 Å². The highest BCUT2D eigenvalue weighted by atomic mass is 16.5. The molecular weight excluding hydrogens is 210 g/mol. The number of carbonyl (C=O) groups excluding carboxylic acids is 2. The summed E-state index contributed by atoms with van der Waals surface area (Å²) in [4.78, 5) is 24.9. The fourth-order valence-corrected chi connectivity index (χ4v) is 1.93. The normalized spacial score (nSPS) is 27.1. The number of morpholine rings is 1. The van der Waals surface area contributed by atoms with Gasteiger partial charge in [-0.3, -0.25) is 9.59 Å². The first-order chi connectivity index (χ1) is 7.77. The number of amides is 2. The number of hydrogen-bond donors (Lipinski definition) is 2. The van der Waals surface area contributed by atoms with E-state index < -0.39 is 0 Å². The first kappa shape index (κ1) is 11.3. The third-order valence-electron chi connectivity index (χ3n) is 2.84. The number of carbonyl (C=O) groups is 2. The van der Waals surface area contributed by atoms with Crippen molar-refractivity contribution in [2.45, 2.75) is 12.5 Å². The van der Waals surface area contributed by atoms with Crippen LogP contribution in [0, 0.1) is 0 Å². The lowest BCUT2D eigenvalue weighted by molar-refractivity contribution is -0.136. The molecule has 2 heterocycles. The van der Waals surface area contributed by atoms with Crippen LogP contribution in [0.1, 0.15) is 6.42 Å². The Morgan fingerprint density at radius 3 is 3.00 bits per heavy atom. The van der Waals surface area contributed by atoms with Gasteiger partial charge in [-0.2, -0.15) is 0 Å². The van der Waals surface area contributed by atoms with Gasteiger partial charge in [0.15, 0.2) is 0 Å².